The summed E-state index contributed by atoms with van der Waals surface area (Å²) in [5.41, 5.74) is 10.1. The van der Waals surface area contributed by atoms with Crippen LogP contribution in [0, 0.1) is 19.8 Å². The number of hydrogen-bond donors (Lipinski definition) is 1. The minimum atomic E-state index is 0.566. The molecule has 2 atom stereocenters. The summed E-state index contributed by atoms with van der Waals surface area (Å²) in [6.07, 6.45) is 1.28. The van der Waals surface area contributed by atoms with E-state index >= 15 is 0 Å². The van der Waals surface area contributed by atoms with Crippen molar-refractivity contribution >= 4 is 0 Å². The first-order valence-electron chi connectivity index (χ1n) is 6.62. The Labute approximate surface area is 105 Å². The molecular weight excluding hydrogens is 208 g/mol. The highest BCUT2D eigenvalue weighted by Gasteiger charge is 2.29. The molecule has 1 aromatic rings. The van der Waals surface area contributed by atoms with Gasteiger partial charge in [0.05, 0.1) is 0 Å². The van der Waals surface area contributed by atoms with Crippen LogP contribution in [0.15, 0.2) is 18.2 Å². The van der Waals surface area contributed by atoms with E-state index < -0.39 is 0 Å². The lowest BCUT2D eigenvalue weighted by atomic mass is 10.0. The molecule has 2 N–H and O–H groups in total. The lowest BCUT2D eigenvalue weighted by Gasteiger charge is -2.25. The summed E-state index contributed by atoms with van der Waals surface area (Å²) in [4.78, 5) is 2.54. The molecule has 2 unspecified atom stereocenters. The summed E-state index contributed by atoms with van der Waals surface area (Å²) in [6, 6.07) is 7.35. The summed E-state index contributed by atoms with van der Waals surface area (Å²) in [6.45, 7) is 9.69. The molecule has 1 aromatic carbocycles. The van der Waals surface area contributed by atoms with Gasteiger partial charge < -0.3 is 5.73 Å². The van der Waals surface area contributed by atoms with Gasteiger partial charge in [0.1, 0.15) is 0 Å². The largest absolute Gasteiger partial charge is 0.329 e. The number of rotatable bonds is 3. The Hall–Kier alpha value is -0.860. The third-order valence-electron chi connectivity index (χ3n) is 4.20. The van der Waals surface area contributed by atoms with Crippen LogP contribution >= 0.6 is 0 Å². The van der Waals surface area contributed by atoms with Crippen molar-refractivity contribution in [3.05, 3.63) is 34.9 Å². The molecule has 94 valence electrons. The summed E-state index contributed by atoms with van der Waals surface area (Å²) >= 11 is 0. The molecule has 17 heavy (non-hydrogen) atoms. The van der Waals surface area contributed by atoms with Crippen molar-refractivity contribution < 1.29 is 0 Å². The minimum absolute atomic E-state index is 0.566. The molecule has 1 fully saturated rings. The van der Waals surface area contributed by atoms with Gasteiger partial charge in [0.2, 0.25) is 0 Å². The Morgan fingerprint density at radius 1 is 1.29 bits per heavy atom. The van der Waals surface area contributed by atoms with Crippen molar-refractivity contribution in [2.45, 2.75) is 39.8 Å². The van der Waals surface area contributed by atoms with Gasteiger partial charge in [-0.2, -0.15) is 0 Å². The van der Waals surface area contributed by atoms with Crippen LogP contribution in [0.4, 0.5) is 0 Å². The van der Waals surface area contributed by atoms with Crippen LogP contribution in [0.25, 0.3) is 0 Å². The molecule has 0 saturated carbocycles. The van der Waals surface area contributed by atoms with Crippen LogP contribution in [-0.4, -0.2) is 24.0 Å². The van der Waals surface area contributed by atoms with Gasteiger partial charge in [-0.25, -0.2) is 0 Å². The van der Waals surface area contributed by atoms with Gasteiger partial charge >= 0.3 is 0 Å². The summed E-state index contributed by atoms with van der Waals surface area (Å²) in [5.74, 6) is 0.742. The number of benzene rings is 1. The van der Waals surface area contributed by atoms with E-state index in [9.17, 15) is 0 Å². The maximum atomic E-state index is 5.88. The Bertz CT molecular complexity index is 387. The molecule has 0 amide bonds. The van der Waals surface area contributed by atoms with Gasteiger partial charge in [-0.3, -0.25) is 4.90 Å². The number of nitrogens with two attached hydrogens (primary N) is 1. The first-order valence-corrected chi connectivity index (χ1v) is 6.62. The molecule has 1 heterocycles. The predicted octanol–water partition coefficient (Wildman–Crippen LogP) is 2.47. The van der Waals surface area contributed by atoms with E-state index in [4.69, 9.17) is 5.73 Å². The third-order valence-corrected chi connectivity index (χ3v) is 4.20. The van der Waals surface area contributed by atoms with Crippen molar-refractivity contribution in [1.29, 1.82) is 0 Å². The van der Waals surface area contributed by atoms with Crippen LogP contribution < -0.4 is 5.73 Å². The average molecular weight is 232 g/mol. The highest BCUT2D eigenvalue weighted by Crippen LogP contribution is 2.25. The van der Waals surface area contributed by atoms with Gasteiger partial charge in [-0.05, 0) is 49.4 Å². The standard InChI is InChI=1S/C15H24N2/c1-11-4-5-14(8-13(11)3)10-17-7-6-12(2)15(17)9-16/h4-5,8,12,15H,6-7,9-10,16H2,1-3H3. The second-order valence-corrected chi connectivity index (χ2v) is 5.46. The van der Waals surface area contributed by atoms with Crippen molar-refractivity contribution in [2.75, 3.05) is 13.1 Å². The molecule has 2 heteroatoms. The van der Waals surface area contributed by atoms with Gasteiger partial charge in [-0.1, -0.05) is 25.1 Å². The quantitative estimate of drug-likeness (QED) is 0.867. The van der Waals surface area contributed by atoms with Crippen LogP contribution in [0.3, 0.4) is 0 Å². The van der Waals surface area contributed by atoms with E-state index in [0.29, 0.717) is 6.04 Å². The summed E-state index contributed by atoms with van der Waals surface area (Å²) < 4.78 is 0. The van der Waals surface area contributed by atoms with Crippen LogP contribution in [0.2, 0.25) is 0 Å². The van der Waals surface area contributed by atoms with Gasteiger partial charge in [0.15, 0.2) is 0 Å². The Kier molecular flexibility index (Phi) is 3.85. The zero-order valence-electron chi connectivity index (χ0n) is 11.2. The maximum absolute atomic E-state index is 5.88. The number of aryl methyl sites for hydroxylation is 2. The molecule has 1 aliphatic rings. The van der Waals surface area contributed by atoms with Crippen molar-refractivity contribution in [1.82, 2.24) is 4.90 Å². The zero-order valence-corrected chi connectivity index (χ0v) is 11.2. The fourth-order valence-corrected chi connectivity index (χ4v) is 2.80. The molecule has 1 saturated heterocycles. The van der Waals surface area contributed by atoms with Crippen molar-refractivity contribution in [2.24, 2.45) is 11.7 Å². The SMILES string of the molecule is Cc1ccc(CN2CCC(C)C2CN)cc1C. The molecule has 0 aliphatic carbocycles. The van der Waals surface area contributed by atoms with Gasteiger partial charge in [0.25, 0.3) is 0 Å². The first kappa shape index (κ1) is 12.6. The van der Waals surface area contributed by atoms with E-state index in [-0.39, 0.29) is 0 Å². The predicted molar refractivity (Wildman–Crippen MR) is 72.9 cm³/mol. The topological polar surface area (TPSA) is 29.3 Å². The Morgan fingerprint density at radius 2 is 2.06 bits per heavy atom. The summed E-state index contributed by atoms with van der Waals surface area (Å²) in [5, 5.41) is 0. The second kappa shape index (κ2) is 5.19. The van der Waals surface area contributed by atoms with E-state index in [0.717, 1.165) is 19.0 Å². The van der Waals surface area contributed by atoms with E-state index in [2.05, 4.69) is 43.9 Å². The Morgan fingerprint density at radius 3 is 2.71 bits per heavy atom. The summed E-state index contributed by atoms with van der Waals surface area (Å²) in [7, 11) is 0. The number of nitrogens with zero attached hydrogens (tertiary/aromatic N) is 1. The smallest absolute Gasteiger partial charge is 0.0248 e. The normalized spacial score (nSPS) is 25.4. The maximum Gasteiger partial charge on any atom is 0.0248 e. The molecule has 0 radical (unpaired) electrons. The average Bonchev–Trinajstić information content (AvgIpc) is 2.64. The molecule has 1 aliphatic heterocycles. The monoisotopic (exact) mass is 232 g/mol. The van der Waals surface area contributed by atoms with Crippen LogP contribution in [0.1, 0.15) is 30.0 Å². The lowest BCUT2D eigenvalue weighted by molar-refractivity contribution is 0.228. The molecular formula is C15H24N2. The van der Waals surface area contributed by atoms with Crippen LogP contribution in [-0.2, 0) is 6.54 Å². The van der Waals surface area contributed by atoms with Gasteiger partial charge in [0, 0.05) is 19.1 Å². The lowest BCUT2D eigenvalue weighted by Crippen LogP contribution is -2.37. The van der Waals surface area contributed by atoms with Crippen molar-refractivity contribution in [3.63, 3.8) is 0 Å². The van der Waals surface area contributed by atoms with Gasteiger partial charge in [-0.15, -0.1) is 0 Å². The minimum Gasteiger partial charge on any atom is -0.329 e. The molecule has 0 spiro atoms. The van der Waals surface area contributed by atoms with Crippen molar-refractivity contribution in [3.8, 4) is 0 Å². The van der Waals surface area contributed by atoms with E-state index in [1.54, 1.807) is 0 Å². The second-order valence-electron chi connectivity index (χ2n) is 5.46. The van der Waals surface area contributed by atoms with E-state index in [1.165, 1.54) is 29.7 Å². The van der Waals surface area contributed by atoms with E-state index in [1.807, 2.05) is 0 Å². The Balaban J connectivity index is 2.07. The fourth-order valence-electron chi connectivity index (χ4n) is 2.80. The molecule has 2 rings (SSSR count). The third kappa shape index (κ3) is 2.70. The molecule has 2 nitrogen and oxygen atoms in total. The fraction of sp³-hybridized carbons (Fsp3) is 0.600. The molecule has 0 bridgehead atoms. The highest BCUT2D eigenvalue weighted by atomic mass is 15.2. The van der Waals surface area contributed by atoms with Crippen LogP contribution in [0.5, 0.6) is 0 Å². The zero-order chi connectivity index (χ0) is 12.4. The highest BCUT2D eigenvalue weighted by molar-refractivity contribution is 5.29. The molecule has 0 aromatic heterocycles. The number of likely N-dealkylation sites (tertiary alicyclic amines) is 1. The number of hydrogen-bond acceptors (Lipinski definition) is 2. The first-order chi connectivity index (χ1) is 8.11.